The molecular formula is C20H16ClFN2O4. The third kappa shape index (κ3) is 2.35. The highest BCUT2D eigenvalue weighted by molar-refractivity contribution is 6.31. The minimum atomic E-state index is -1.12. The molecule has 1 aromatic carbocycles. The minimum absolute atomic E-state index is 0.0838. The second-order valence-electron chi connectivity index (χ2n) is 7.79. The Hall–Kier alpha value is -2.67. The molecule has 1 aliphatic carbocycles. The molecule has 0 saturated heterocycles. The van der Waals surface area contributed by atoms with Gasteiger partial charge in [0.2, 0.25) is 0 Å². The van der Waals surface area contributed by atoms with Gasteiger partial charge in [-0.3, -0.25) is 14.2 Å². The summed E-state index contributed by atoms with van der Waals surface area (Å²) in [6.07, 6.45) is 2.49. The largest absolute Gasteiger partial charge is 0.480 e. The third-order valence-electron chi connectivity index (χ3n) is 6.04. The topological polar surface area (TPSA) is 88.4 Å². The highest BCUT2D eigenvalue weighted by Crippen LogP contribution is 2.45. The van der Waals surface area contributed by atoms with Crippen molar-refractivity contribution in [3.8, 4) is 11.1 Å². The first-order valence-corrected chi connectivity index (χ1v) is 9.50. The van der Waals surface area contributed by atoms with Gasteiger partial charge in [0.15, 0.2) is 0 Å². The van der Waals surface area contributed by atoms with E-state index in [2.05, 4.69) is 5.32 Å². The maximum absolute atomic E-state index is 15.1. The fourth-order valence-electron chi connectivity index (χ4n) is 4.54. The molecule has 5 rings (SSSR count). The number of nitrogens with zero attached hydrogens (tertiary/aromatic N) is 1. The lowest BCUT2D eigenvalue weighted by Crippen LogP contribution is -2.41. The van der Waals surface area contributed by atoms with E-state index in [0.29, 0.717) is 17.7 Å². The Morgan fingerprint density at radius 3 is 2.71 bits per heavy atom. The molecule has 28 heavy (non-hydrogen) atoms. The van der Waals surface area contributed by atoms with Crippen molar-refractivity contribution in [2.45, 2.75) is 43.7 Å². The lowest BCUT2D eigenvalue weighted by atomic mass is 9.88. The Balaban J connectivity index is 1.86. The Morgan fingerprint density at radius 1 is 1.29 bits per heavy atom. The average molecular weight is 403 g/mol. The summed E-state index contributed by atoms with van der Waals surface area (Å²) in [6.45, 7) is 0. The molecule has 3 heterocycles. The van der Waals surface area contributed by atoms with Crippen LogP contribution in [0.5, 0.6) is 0 Å². The Bertz CT molecular complexity index is 1140. The molecule has 6 nitrogen and oxygen atoms in total. The average Bonchev–Trinajstić information content (AvgIpc) is 3.22. The van der Waals surface area contributed by atoms with E-state index in [1.807, 2.05) is 0 Å². The summed E-state index contributed by atoms with van der Waals surface area (Å²) >= 11 is 6.01. The summed E-state index contributed by atoms with van der Waals surface area (Å²) in [7, 11) is 0. The van der Waals surface area contributed by atoms with Crippen molar-refractivity contribution in [2.75, 3.05) is 0 Å². The van der Waals surface area contributed by atoms with Gasteiger partial charge in [0.05, 0.1) is 10.6 Å². The number of carboxylic acids is 1. The SMILES string of the molecule is O=C1NC2(CC2)Cc2ccc(Cl)c(F)c2-c2cc(=O)n3c(c21)CCC3C(=O)O. The maximum Gasteiger partial charge on any atom is 0.326 e. The number of nitrogens with one attached hydrogen (secondary N) is 1. The van der Waals surface area contributed by atoms with Crippen molar-refractivity contribution >= 4 is 23.5 Å². The van der Waals surface area contributed by atoms with Crippen molar-refractivity contribution in [3.63, 3.8) is 0 Å². The number of hydrogen-bond donors (Lipinski definition) is 2. The van der Waals surface area contributed by atoms with Crippen LogP contribution in [-0.4, -0.2) is 27.1 Å². The molecule has 1 amide bonds. The number of carbonyl (C=O) groups is 2. The molecule has 0 radical (unpaired) electrons. The van der Waals surface area contributed by atoms with Crippen LogP contribution in [0.2, 0.25) is 5.02 Å². The van der Waals surface area contributed by atoms with E-state index < -0.39 is 34.8 Å². The monoisotopic (exact) mass is 402 g/mol. The molecule has 1 saturated carbocycles. The molecule has 2 aromatic rings. The van der Waals surface area contributed by atoms with Crippen molar-refractivity contribution in [3.05, 3.63) is 56.2 Å². The number of aliphatic carboxylic acids is 1. The predicted molar refractivity (Wildman–Crippen MR) is 99.2 cm³/mol. The molecule has 2 aliphatic heterocycles. The van der Waals surface area contributed by atoms with Crippen LogP contribution in [0.1, 0.15) is 46.9 Å². The smallest absolute Gasteiger partial charge is 0.326 e. The summed E-state index contributed by atoms with van der Waals surface area (Å²) in [6, 6.07) is 3.36. The number of pyridine rings is 1. The van der Waals surface area contributed by atoms with Gasteiger partial charge < -0.3 is 10.4 Å². The van der Waals surface area contributed by atoms with E-state index in [0.717, 1.165) is 17.4 Å². The second-order valence-corrected chi connectivity index (χ2v) is 8.19. The fourth-order valence-corrected chi connectivity index (χ4v) is 4.70. The quantitative estimate of drug-likeness (QED) is 0.767. The highest BCUT2D eigenvalue weighted by Gasteiger charge is 2.47. The molecule has 2 N–H and O–H groups in total. The van der Waals surface area contributed by atoms with Crippen molar-refractivity contribution in [1.29, 1.82) is 0 Å². The number of rotatable bonds is 1. The number of halogens is 2. The standard InChI is InChI=1S/C20H16ClFN2O4/c21-11-2-1-9-8-20(5-6-20)23-18(26)16-10(15(9)17(11)22)7-14(25)24-12(16)3-4-13(24)19(27)28/h1-2,7,13H,3-6,8H2,(H,23,26)(H,27,28). The van der Waals surface area contributed by atoms with E-state index in [9.17, 15) is 19.5 Å². The molecule has 1 spiro atoms. The van der Waals surface area contributed by atoms with Gasteiger partial charge in [0.1, 0.15) is 11.9 Å². The van der Waals surface area contributed by atoms with Crippen LogP contribution >= 0.6 is 11.6 Å². The van der Waals surface area contributed by atoms with Gasteiger partial charge in [-0.15, -0.1) is 0 Å². The van der Waals surface area contributed by atoms with E-state index in [-0.39, 0.29) is 34.6 Å². The minimum Gasteiger partial charge on any atom is -0.480 e. The van der Waals surface area contributed by atoms with Crippen LogP contribution in [-0.2, 0) is 17.6 Å². The number of aromatic nitrogens is 1. The molecule has 1 aromatic heterocycles. The fraction of sp³-hybridized carbons (Fsp3) is 0.350. The number of carbonyl (C=O) groups excluding carboxylic acids is 1. The molecule has 1 fully saturated rings. The first-order chi connectivity index (χ1) is 13.3. The summed E-state index contributed by atoms with van der Waals surface area (Å²) in [4.78, 5) is 37.5. The van der Waals surface area contributed by atoms with Crippen LogP contribution in [0.15, 0.2) is 23.0 Å². The van der Waals surface area contributed by atoms with Crippen molar-refractivity contribution in [1.82, 2.24) is 9.88 Å². The highest BCUT2D eigenvalue weighted by atomic mass is 35.5. The molecular weight excluding hydrogens is 387 g/mol. The van der Waals surface area contributed by atoms with Crippen molar-refractivity contribution in [2.24, 2.45) is 0 Å². The first kappa shape index (κ1) is 17.4. The zero-order chi connectivity index (χ0) is 19.8. The number of hydrogen-bond acceptors (Lipinski definition) is 3. The number of carboxylic acid groups (broad SMARTS) is 1. The van der Waals surface area contributed by atoms with Crippen LogP contribution in [0.4, 0.5) is 4.39 Å². The van der Waals surface area contributed by atoms with E-state index in [1.54, 1.807) is 6.07 Å². The normalized spacial score (nSPS) is 21.2. The maximum atomic E-state index is 15.1. The van der Waals surface area contributed by atoms with Crippen LogP contribution in [0.3, 0.4) is 0 Å². The Morgan fingerprint density at radius 2 is 2.04 bits per heavy atom. The lowest BCUT2D eigenvalue weighted by molar-refractivity contribution is -0.140. The Kier molecular flexibility index (Phi) is 3.53. The number of amides is 1. The molecule has 8 heteroatoms. The lowest BCUT2D eigenvalue weighted by Gasteiger charge is -2.26. The summed E-state index contributed by atoms with van der Waals surface area (Å²) in [5.74, 6) is -2.18. The second kappa shape index (κ2) is 5.67. The molecule has 3 aliphatic rings. The summed E-state index contributed by atoms with van der Waals surface area (Å²) < 4.78 is 16.3. The van der Waals surface area contributed by atoms with Crippen LogP contribution in [0.25, 0.3) is 11.1 Å². The summed E-state index contributed by atoms with van der Waals surface area (Å²) in [5.41, 5.74) is 0.569. The van der Waals surface area contributed by atoms with Gasteiger partial charge in [-0.1, -0.05) is 17.7 Å². The van der Waals surface area contributed by atoms with Gasteiger partial charge in [-0.25, -0.2) is 9.18 Å². The zero-order valence-corrected chi connectivity index (χ0v) is 15.5. The molecule has 1 unspecified atom stereocenters. The summed E-state index contributed by atoms with van der Waals surface area (Å²) in [5, 5.41) is 12.4. The van der Waals surface area contributed by atoms with Crippen LogP contribution in [0, 0.1) is 5.82 Å². The zero-order valence-electron chi connectivity index (χ0n) is 14.7. The van der Waals surface area contributed by atoms with Gasteiger partial charge in [-0.2, -0.15) is 0 Å². The predicted octanol–water partition coefficient (Wildman–Crippen LogP) is 2.70. The molecule has 144 valence electrons. The Labute approximate surface area is 163 Å². The molecule has 0 bridgehead atoms. The first-order valence-electron chi connectivity index (χ1n) is 9.12. The number of fused-ring (bicyclic) bond motifs is 5. The molecule has 1 atom stereocenters. The van der Waals surface area contributed by atoms with Crippen molar-refractivity contribution < 1.29 is 19.1 Å². The van der Waals surface area contributed by atoms with Crippen LogP contribution < -0.4 is 10.9 Å². The van der Waals surface area contributed by atoms with E-state index >= 15 is 4.39 Å². The third-order valence-corrected chi connectivity index (χ3v) is 6.34. The van der Waals surface area contributed by atoms with E-state index in [4.69, 9.17) is 11.6 Å². The van der Waals surface area contributed by atoms with Gasteiger partial charge in [0, 0.05) is 28.4 Å². The van der Waals surface area contributed by atoms with Gasteiger partial charge in [-0.05, 0) is 43.7 Å². The number of benzene rings is 1. The van der Waals surface area contributed by atoms with Gasteiger partial charge >= 0.3 is 5.97 Å². The van der Waals surface area contributed by atoms with E-state index in [1.165, 1.54) is 12.1 Å². The van der Waals surface area contributed by atoms with Gasteiger partial charge in [0.25, 0.3) is 11.5 Å².